The molecule has 5 nitrogen and oxygen atoms in total. The molecule has 0 spiro atoms. The Morgan fingerprint density at radius 2 is 2.33 bits per heavy atom. The second-order valence-electron chi connectivity index (χ2n) is 4.31. The van der Waals surface area contributed by atoms with Gasteiger partial charge in [0.25, 0.3) is 0 Å². The predicted octanol–water partition coefficient (Wildman–Crippen LogP) is 1.74. The quantitative estimate of drug-likeness (QED) is 0.857. The first-order chi connectivity index (χ1) is 8.70. The molecule has 2 N–H and O–H groups in total. The van der Waals surface area contributed by atoms with E-state index in [9.17, 15) is 9.59 Å². The van der Waals surface area contributed by atoms with Crippen LogP contribution in [0.15, 0.2) is 17.5 Å². The molecule has 3 amide bonds. The molecule has 0 aromatic carbocycles. The summed E-state index contributed by atoms with van der Waals surface area (Å²) in [6.45, 7) is 1.21. The van der Waals surface area contributed by atoms with E-state index in [-0.39, 0.29) is 17.9 Å². The molecular formula is C12H17N3O2S. The van der Waals surface area contributed by atoms with Crippen molar-refractivity contribution in [3.63, 3.8) is 0 Å². The molecular weight excluding hydrogens is 250 g/mol. The van der Waals surface area contributed by atoms with Crippen LogP contribution >= 0.6 is 11.3 Å². The number of carbonyl (C=O) groups is 2. The van der Waals surface area contributed by atoms with Crippen molar-refractivity contribution in [2.24, 2.45) is 5.92 Å². The number of carbonyl (C=O) groups excluding carboxylic acids is 2. The van der Waals surface area contributed by atoms with E-state index in [1.165, 1.54) is 11.3 Å². The zero-order chi connectivity index (χ0) is 13.0. The first-order valence-electron chi connectivity index (χ1n) is 6.01. The Hall–Kier alpha value is -1.56. The van der Waals surface area contributed by atoms with Gasteiger partial charge in [-0.05, 0) is 30.4 Å². The maximum Gasteiger partial charge on any atom is 0.322 e. The van der Waals surface area contributed by atoms with Crippen molar-refractivity contribution < 1.29 is 9.59 Å². The molecule has 1 unspecified atom stereocenters. The molecule has 1 aliphatic heterocycles. The number of anilines is 1. The minimum Gasteiger partial charge on any atom is -0.359 e. The number of hydrogen-bond acceptors (Lipinski definition) is 3. The summed E-state index contributed by atoms with van der Waals surface area (Å²) in [6.07, 6.45) is 1.72. The summed E-state index contributed by atoms with van der Waals surface area (Å²) >= 11 is 1.49. The number of piperidine rings is 1. The zero-order valence-corrected chi connectivity index (χ0v) is 11.1. The summed E-state index contributed by atoms with van der Waals surface area (Å²) in [6, 6.07) is 3.64. The molecule has 1 fully saturated rings. The fraction of sp³-hybridized carbons (Fsp3) is 0.500. The number of urea groups is 1. The van der Waals surface area contributed by atoms with Crippen molar-refractivity contribution in [3.05, 3.63) is 17.5 Å². The van der Waals surface area contributed by atoms with Gasteiger partial charge in [0.05, 0.1) is 10.9 Å². The third-order valence-electron chi connectivity index (χ3n) is 3.08. The molecule has 18 heavy (non-hydrogen) atoms. The summed E-state index contributed by atoms with van der Waals surface area (Å²) in [5.74, 6) is -0.0681. The van der Waals surface area contributed by atoms with Gasteiger partial charge in [-0.3, -0.25) is 10.1 Å². The Labute approximate surface area is 110 Å². The predicted molar refractivity (Wildman–Crippen MR) is 71.7 cm³/mol. The molecule has 2 heterocycles. The molecule has 1 aromatic heterocycles. The summed E-state index contributed by atoms with van der Waals surface area (Å²) in [5, 5.41) is 8.24. The van der Waals surface area contributed by atoms with Crippen LogP contribution in [0.25, 0.3) is 0 Å². The number of nitrogens with zero attached hydrogens (tertiary/aromatic N) is 1. The summed E-state index contributed by atoms with van der Waals surface area (Å²) < 4.78 is 0. The van der Waals surface area contributed by atoms with Gasteiger partial charge in [-0.1, -0.05) is 0 Å². The van der Waals surface area contributed by atoms with Gasteiger partial charge in [0.1, 0.15) is 0 Å². The highest BCUT2D eigenvalue weighted by Gasteiger charge is 2.27. The van der Waals surface area contributed by atoms with E-state index in [1.807, 2.05) is 17.5 Å². The zero-order valence-electron chi connectivity index (χ0n) is 10.3. The topological polar surface area (TPSA) is 61.4 Å². The number of likely N-dealkylation sites (tertiary alicyclic amines) is 1. The number of rotatable bonds is 2. The fourth-order valence-corrected chi connectivity index (χ4v) is 2.72. The van der Waals surface area contributed by atoms with E-state index >= 15 is 0 Å². The third-order valence-corrected chi connectivity index (χ3v) is 3.86. The highest BCUT2D eigenvalue weighted by atomic mass is 32.1. The second-order valence-corrected chi connectivity index (χ2v) is 5.25. The van der Waals surface area contributed by atoms with Crippen LogP contribution in [-0.2, 0) is 4.79 Å². The van der Waals surface area contributed by atoms with E-state index in [2.05, 4.69) is 10.6 Å². The molecule has 98 valence electrons. The van der Waals surface area contributed by atoms with E-state index in [0.717, 1.165) is 17.8 Å². The van der Waals surface area contributed by atoms with Gasteiger partial charge < -0.3 is 10.2 Å². The Kier molecular flexibility index (Phi) is 4.19. The average molecular weight is 267 g/mol. The van der Waals surface area contributed by atoms with Crippen molar-refractivity contribution in [1.82, 2.24) is 10.2 Å². The number of amides is 3. The molecule has 2 rings (SSSR count). The molecule has 1 aliphatic rings. The lowest BCUT2D eigenvalue weighted by molar-refractivity contribution is -0.125. The van der Waals surface area contributed by atoms with Crippen LogP contribution in [-0.4, -0.2) is 37.0 Å². The molecule has 0 radical (unpaired) electrons. The van der Waals surface area contributed by atoms with Crippen molar-refractivity contribution >= 4 is 28.3 Å². The molecule has 1 atom stereocenters. The van der Waals surface area contributed by atoms with Gasteiger partial charge in [0, 0.05) is 20.1 Å². The van der Waals surface area contributed by atoms with Gasteiger partial charge in [0.15, 0.2) is 0 Å². The largest absolute Gasteiger partial charge is 0.359 e. The van der Waals surface area contributed by atoms with E-state index in [0.29, 0.717) is 13.1 Å². The van der Waals surface area contributed by atoms with E-state index in [4.69, 9.17) is 0 Å². The summed E-state index contributed by atoms with van der Waals surface area (Å²) in [4.78, 5) is 25.3. The molecule has 0 aliphatic carbocycles. The maximum atomic E-state index is 12.0. The minimum absolute atomic E-state index is 0.0172. The SMILES string of the molecule is CNC(=O)C1CCCN(C(=O)Nc2cccs2)C1. The van der Waals surface area contributed by atoms with Gasteiger partial charge in [-0.2, -0.15) is 0 Å². The van der Waals surface area contributed by atoms with Crippen LogP contribution in [0, 0.1) is 5.92 Å². The Balaban J connectivity index is 1.92. The van der Waals surface area contributed by atoms with Crippen LogP contribution in [0.2, 0.25) is 0 Å². The Morgan fingerprint density at radius 3 is 3.00 bits per heavy atom. The molecule has 0 bridgehead atoms. The second kappa shape index (κ2) is 5.86. The summed E-state index contributed by atoms with van der Waals surface area (Å²) in [7, 11) is 1.63. The number of hydrogen-bond donors (Lipinski definition) is 2. The standard InChI is InChI=1S/C12H17N3O2S/c1-13-11(16)9-4-2-6-15(8-9)12(17)14-10-5-3-7-18-10/h3,5,7,9H,2,4,6,8H2,1H3,(H,13,16)(H,14,17). The Morgan fingerprint density at radius 1 is 1.50 bits per heavy atom. The highest BCUT2D eigenvalue weighted by Crippen LogP contribution is 2.19. The van der Waals surface area contributed by atoms with E-state index < -0.39 is 0 Å². The average Bonchev–Trinajstić information content (AvgIpc) is 2.90. The lowest BCUT2D eigenvalue weighted by Gasteiger charge is -2.31. The van der Waals surface area contributed by atoms with Gasteiger partial charge in [0.2, 0.25) is 5.91 Å². The summed E-state index contributed by atoms with van der Waals surface area (Å²) in [5.41, 5.74) is 0. The van der Waals surface area contributed by atoms with Gasteiger partial charge >= 0.3 is 6.03 Å². The molecule has 1 aromatic rings. The number of nitrogens with one attached hydrogen (secondary N) is 2. The smallest absolute Gasteiger partial charge is 0.322 e. The molecule has 6 heteroatoms. The fourth-order valence-electron chi connectivity index (χ4n) is 2.11. The Bertz CT molecular complexity index is 419. The van der Waals surface area contributed by atoms with Crippen LogP contribution in [0.5, 0.6) is 0 Å². The first kappa shape index (κ1) is 12.9. The lowest BCUT2D eigenvalue weighted by atomic mass is 9.97. The van der Waals surface area contributed by atoms with Gasteiger partial charge in [-0.15, -0.1) is 11.3 Å². The number of thiophene rings is 1. The maximum absolute atomic E-state index is 12.0. The van der Waals surface area contributed by atoms with Crippen molar-refractivity contribution in [3.8, 4) is 0 Å². The normalized spacial score (nSPS) is 19.4. The van der Waals surface area contributed by atoms with Crippen LogP contribution in [0.3, 0.4) is 0 Å². The lowest BCUT2D eigenvalue weighted by Crippen LogP contribution is -2.46. The van der Waals surface area contributed by atoms with Gasteiger partial charge in [-0.25, -0.2) is 4.79 Å². The highest BCUT2D eigenvalue weighted by molar-refractivity contribution is 7.14. The molecule has 1 saturated heterocycles. The van der Waals surface area contributed by atoms with Crippen LogP contribution < -0.4 is 10.6 Å². The van der Waals surface area contributed by atoms with Crippen molar-refractivity contribution in [1.29, 1.82) is 0 Å². The molecule has 0 saturated carbocycles. The monoisotopic (exact) mass is 267 g/mol. The third kappa shape index (κ3) is 3.01. The minimum atomic E-state index is -0.119. The van der Waals surface area contributed by atoms with Crippen LogP contribution in [0.4, 0.5) is 9.80 Å². The van der Waals surface area contributed by atoms with Crippen molar-refractivity contribution in [2.45, 2.75) is 12.8 Å². The van der Waals surface area contributed by atoms with Crippen LogP contribution in [0.1, 0.15) is 12.8 Å². The van der Waals surface area contributed by atoms with Crippen molar-refractivity contribution in [2.75, 3.05) is 25.5 Å². The van der Waals surface area contributed by atoms with E-state index in [1.54, 1.807) is 11.9 Å². The first-order valence-corrected chi connectivity index (χ1v) is 6.89.